The topological polar surface area (TPSA) is 58.0 Å². The lowest BCUT2D eigenvalue weighted by Crippen LogP contribution is -1.97. The first-order valence-corrected chi connectivity index (χ1v) is 7.22. The van der Waals surface area contributed by atoms with Gasteiger partial charge in [-0.15, -0.1) is 0 Å². The van der Waals surface area contributed by atoms with Crippen molar-refractivity contribution in [1.82, 2.24) is 9.97 Å². The maximum atomic E-state index is 9.47. The van der Waals surface area contributed by atoms with E-state index in [-0.39, 0.29) is 5.75 Å². The van der Waals surface area contributed by atoms with Crippen molar-refractivity contribution in [3.05, 3.63) is 64.8 Å². The number of anilines is 2. The average molecular weight is 332 g/mol. The van der Waals surface area contributed by atoms with Gasteiger partial charge >= 0.3 is 0 Å². The van der Waals surface area contributed by atoms with Crippen molar-refractivity contribution in [2.24, 2.45) is 0 Å². The lowest BCUT2D eigenvalue weighted by molar-refractivity contribution is 0.475. The summed E-state index contributed by atoms with van der Waals surface area (Å²) in [4.78, 5) is 8.60. The molecule has 0 unspecified atom stereocenters. The van der Waals surface area contributed by atoms with Crippen LogP contribution in [0.3, 0.4) is 0 Å². The summed E-state index contributed by atoms with van der Waals surface area (Å²) in [5, 5.41) is 13.5. The van der Waals surface area contributed by atoms with Crippen molar-refractivity contribution in [2.45, 2.75) is 0 Å². The predicted octanol–water partition coefficient (Wildman–Crippen LogP) is 4.90. The summed E-state index contributed by atoms with van der Waals surface area (Å²) in [5.41, 5.74) is 2.26. The van der Waals surface area contributed by atoms with Crippen LogP contribution in [0.5, 0.6) is 5.75 Å². The fourth-order valence-corrected chi connectivity index (χ4v) is 2.25. The van der Waals surface area contributed by atoms with Gasteiger partial charge in [0.25, 0.3) is 0 Å². The molecule has 0 aliphatic carbocycles. The van der Waals surface area contributed by atoms with Crippen molar-refractivity contribution in [3.63, 3.8) is 0 Å². The summed E-state index contributed by atoms with van der Waals surface area (Å²) in [6.07, 6.45) is 1.65. The van der Waals surface area contributed by atoms with Crippen LogP contribution in [0.1, 0.15) is 0 Å². The van der Waals surface area contributed by atoms with Gasteiger partial charge in [-0.05, 0) is 30.3 Å². The molecule has 3 aromatic rings. The lowest BCUT2D eigenvalue weighted by Gasteiger charge is -2.07. The summed E-state index contributed by atoms with van der Waals surface area (Å²) in [6.45, 7) is 0. The van der Waals surface area contributed by atoms with E-state index in [1.165, 1.54) is 0 Å². The number of nitrogens with one attached hydrogen (secondary N) is 1. The van der Waals surface area contributed by atoms with Crippen molar-refractivity contribution in [1.29, 1.82) is 0 Å². The third-order valence-corrected chi connectivity index (χ3v) is 3.71. The third kappa shape index (κ3) is 3.30. The summed E-state index contributed by atoms with van der Waals surface area (Å²) >= 11 is 12.0. The van der Waals surface area contributed by atoms with Gasteiger partial charge in [-0.3, -0.25) is 0 Å². The molecule has 0 atom stereocenters. The van der Waals surface area contributed by atoms with Crippen LogP contribution in [0.2, 0.25) is 10.0 Å². The maximum absolute atomic E-state index is 9.47. The molecule has 0 spiro atoms. The Bertz CT molecular complexity index is 824. The Morgan fingerprint density at radius 2 is 1.82 bits per heavy atom. The van der Waals surface area contributed by atoms with E-state index in [1.54, 1.807) is 42.6 Å². The molecule has 3 rings (SSSR count). The standard InChI is InChI=1S/C16H11Cl2N3O/c17-13-5-4-10(8-14(13)18)15-6-7-19-16(21-15)20-11-2-1-3-12(22)9-11/h1-9,22H,(H,19,20,21). The smallest absolute Gasteiger partial charge is 0.227 e. The third-order valence-electron chi connectivity index (χ3n) is 2.97. The Balaban J connectivity index is 1.90. The molecule has 0 bridgehead atoms. The number of aromatic hydroxyl groups is 1. The number of rotatable bonds is 3. The molecular weight excluding hydrogens is 321 g/mol. The molecule has 6 heteroatoms. The van der Waals surface area contributed by atoms with Gasteiger partial charge in [-0.2, -0.15) is 0 Å². The van der Waals surface area contributed by atoms with Crippen LogP contribution in [0.15, 0.2) is 54.7 Å². The van der Waals surface area contributed by atoms with E-state index in [9.17, 15) is 5.11 Å². The molecule has 2 aromatic carbocycles. The quantitative estimate of drug-likeness (QED) is 0.716. The fraction of sp³-hybridized carbons (Fsp3) is 0. The van der Waals surface area contributed by atoms with Crippen LogP contribution in [0.4, 0.5) is 11.6 Å². The number of benzene rings is 2. The molecule has 0 saturated heterocycles. The SMILES string of the molecule is Oc1cccc(Nc2nccc(-c3ccc(Cl)c(Cl)c3)n2)c1. The van der Waals surface area contributed by atoms with E-state index in [0.717, 1.165) is 11.3 Å². The second-order valence-corrected chi connectivity index (χ2v) is 5.38. The monoisotopic (exact) mass is 331 g/mol. The van der Waals surface area contributed by atoms with Gasteiger partial charge in [0, 0.05) is 23.5 Å². The fourth-order valence-electron chi connectivity index (χ4n) is 1.95. The normalized spacial score (nSPS) is 10.5. The van der Waals surface area contributed by atoms with Crippen molar-refractivity contribution < 1.29 is 5.11 Å². The van der Waals surface area contributed by atoms with Gasteiger partial charge in [0.2, 0.25) is 5.95 Å². The Labute approximate surface area is 137 Å². The van der Waals surface area contributed by atoms with Crippen molar-refractivity contribution >= 4 is 34.8 Å². The number of aromatic nitrogens is 2. The first-order valence-electron chi connectivity index (χ1n) is 6.46. The molecule has 1 heterocycles. The highest BCUT2D eigenvalue weighted by Gasteiger charge is 2.06. The molecule has 0 aliphatic rings. The van der Waals surface area contributed by atoms with Crippen LogP contribution >= 0.6 is 23.2 Å². The number of nitrogens with zero attached hydrogens (tertiary/aromatic N) is 2. The number of hydrogen-bond acceptors (Lipinski definition) is 4. The second-order valence-electron chi connectivity index (χ2n) is 4.57. The van der Waals surface area contributed by atoms with Crippen LogP contribution in [0, 0.1) is 0 Å². The Morgan fingerprint density at radius 3 is 2.59 bits per heavy atom. The van der Waals surface area contributed by atoms with E-state index in [0.29, 0.717) is 21.7 Å². The highest BCUT2D eigenvalue weighted by molar-refractivity contribution is 6.42. The van der Waals surface area contributed by atoms with E-state index in [2.05, 4.69) is 15.3 Å². The van der Waals surface area contributed by atoms with Crippen LogP contribution in [-0.4, -0.2) is 15.1 Å². The number of phenolic OH excluding ortho intramolecular Hbond substituents is 1. The minimum Gasteiger partial charge on any atom is -0.508 e. The van der Waals surface area contributed by atoms with Gasteiger partial charge in [-0.25, -0.2) is 9.97 Å². The van der Waals surface area contributed by atoms with E-state index < -0.39 is 0 Å². The van der Waals surface area contributed by atoms with E-state index in [4.69, 9.17) is 23.2 Å². The van der Waals surface area contributed by atoms with Gasteiger partial charge in [0.05, 0.1) is 15.7 Å². The van der Waals surface area contributed by atoms with Crippen molar-refractivity contribution in [2.75, 3.05) is 5.32 Å². The van der Waals surface area contributed by atoms with E-state index >= 15 is 0 Å². The van der Waals surface area contributed by atoms with Gasteiger partial charge in [0.15, 0.2) is 0 Å². The molecule has 0 radical (unpaired) electrons. The van der Waals surface area contributed by atoms with Gasteiger partial charge in [-0.1, -0.05) is 35.3 Å². The zero-order chi connectivity index (χ0) is 15.5. The average Bonchev–Trinajstić information content (AvgIpc) is 2.50. The number of hydrogen-bond donors (Lipinski definition) is 2. The zero-order valence-electron chi connectivity index (χ0n) is 11.3. The molecule has 0 saturated carbocycles. The van der Waals surface area contributed by atoms with E-state index in [1.807, 2.05) is 12.1 Å². The first kappa shape index (κ1) is 14.6. The second kappa shape index (κ2) is 6.22. The zero-order valence-corrected chi connectivity index (χ0v) is 12.8. The van der Waals surface area contributed by atoms with Crippen LogP contribution < -0.4 is 5.32 Å². The summed E-state index contributed by atoms with van der Waals surface area (Å²) in [6, 6.07) is 13.8. The van der Waals surface area contributed by atoms with Gasteiger partial charge in [0.1, 0.15) is 5.75 Å². The molecule has 0 amide bonds. The molecule has 22 heavy (non-hydrogen) atoms. The summed E-state index contributed by atoms with van der Waals surface area (Å²) in [7, 11) is 0. The molecule has 0 aliphatic heterocycles. The van der Waals surface area contributed by atoms with Crippen LogP contribution in [0.25, 0.3) is 11.3 Å². The number of halogens is 2. The largest absolute Gasteiger partial charge is 0.508 e. The molecule has 2 N–H and O–H groups in total. The van der Waals surface area contributed by atoms with Crippen LogP contribution in [-0.2, 0) is 0 Å². The maximum Gasteiger partial charge on any atom is 0.227 e. The highest BCUT2D eigenvalue weighted by atomic mass is 35.5. The molecule has 110 valence electrons. The lowest BCUT2D eigenvalue weighted by atomic mass is 10.1. The Hall–Kier alpha value is -2.30. The first-order chi connectivity index (χ1) is 10.6. The molecular formula is C16H11Cl2N3O. The molecule has 0 fully saturated rings. The molecule has 1 aromatic heterocycles. The minimum atomic E-state index is 0.172. The Kier molecular flexibility index (Phi) is 4.13. The number of phenols is 1. The highest BCUT2D eigenvalue weighted by Crippen LogP contribution is 2.28. The predicted molar refractivity (Wildman–Crippen MR) is 88.9 cm³/mol. The Morgan fingerprint density at radius 1 is 0.955 bits per heavy atom. The summed E-state index contributed by atoms with van der Waals surface area (Å²) < 4.78 is 0. The van der Waals surface area contributed by atoms with Gasteiger partial charge < -0.3 is 10.4 Å². The minimum absolute atomic E-state index is 0.172. The molecule has 4 nitrogen and oxygen atoms in total. The van der Waals surface area contributed by atoms with Crippen molar-refractivity contribution in [3.8, 4) is 17.0 Å². The summed E-state index contributed by atoms with van der Waals surface area (Å²) in [5.74, 6) is 0.597.